The van der Waals surface area contributed by atoms with Gasteiger partial charge in [0.2, 0.25) is 0 Å². The average molecular weight is 504 g/mol. The van der Waals surface area contributed by atoms with Gasteiger partial charge in [-0.2, -0.15) is 23.5 Å². The highest BCUT2D eigenvalue weighted by atomic mass is 32.2. The van der Waals surface area contributed by atoms with E-state index < -0.39 is 22.9 Å². The van der Waals surface area contributed by atoms with Crippen molar-refractivity contribution in [1.82, 2.24) is 24.7 Å². The van der Waals surface area contributed by atoms with Gasteiger partial charge >= 0.3 is 12.1 Å². The van der Waals surface area contributed by atoms with Crippen LogP contribution in [0.25, 0.3) is 22.3 Å². The largest absolute Gasteiger partial charge is 0.490 e. The molecule has 35 heavy (non-hydrogen) atoms. The Morgan fingerprint density at radius 1 is 1.31 bits per heavy atom. The van der Waals surface area contributed by atoms with Crippen LogP contribution < -0.4 is 0 Å². The molecule has 4 rings (SSSR count). The van der Waals surface area contributed by atoms with E-state index in [0.717, 1.165) is 32.7 Å². The first kappa shape index (κ1) is 25.6. The van der Waals surface area contributed by atoms with E-state index >= 15 is 0 Å². The van der Waals surface area contributed by atoms with Gasteiger partial charge in [0.1, 0.15) is 12.0 Å². The van der Waals surface area contributed by atoms with E-state index in [9.17, 15) is 22.6 Å². The second kappa shape index (κ2) is 10.9. The van der Waals surface area contributed by atoms with Crippen molar-refractivity contribution in [3.05, 3.63) is 60.8 Å². The van der Waals surface area contributed by atoms with Crippen LogP contribution >= 0.6 is 0 Å². The molecule has 13 heteroatoms. The van der Waals surface area contributed by atoms with E-state index in [-0.39, 0.29) is 12.5 Å². The first-order chi connectivity index (χ1) is 16.7. The normalized spacial score (nSPS) is 12.9. The molecule has 0 fully saturated rings. The van der Waals surface area contributed by atoms with Crippen molar-refractivity contribution in [3.63, 3.8) is 0 Å². The van der Waals surface area contributed by atoms with Gasteiger partial charge in [0.15, 0.2) is 0 Å². The third-order valence-corrected chi connectivity index (χ3v) is 6.15. The Bertz CT molecular complexity index is 1390. The van der Waals surface area contributed by atoms with Crippen LogP contribution in [0.5, 0.6) is 0 Å². The lowest BCUT2D eigenvalue weighted by Gasteiger charge is -2.16. The molecule has 0 saturated carbocycles. The molecular weight excluding hydrogens is 485 g/mol. The van der Waals surface area contributed by atoms with Crippen molar-refractivity contribution >= 4 is 27.8 Å². The summed E-state index contributed by atoms with van der Waals surface area (Å²) in [4.78, 5) is 21.4. The number of hydrogen-bond acceptors (Lipinski definition) is 6. The minimum absolute atomic E-state index is 0.257. The number of fused-ring (bicyclic) bond motifs is 1. The SMILES string of the molecule is CCS(=O)c1cccc(C(CC#N)n2cc(-c3ncnc4[nH]ccc34)cn2)c1.O=C(O)C(F)(F)F. The maximum Gasteiger partial charge on any atom is 0.490 e. The van der Waals surface area contributed by atoms with Gasteiger partial charge in [-0.15, -0.1) is 0 Å². The van der Waals surface area contributed by atoms with Crippen molar-refractivity contribution in [1.29, 1.82) is 5.26 Å². The molecule has 182 valence electrons. The van der Waals surface area contributed by atoms with Crippen molar-refractivity contribution in [2.75, 3.05) is 5.75 Å². The number of rotatable bonds is 6. The third-order valence-electron chi connectivity index (χ3n) is 4.84. The number of carboxylic acids is 1. The maximum atomic E-state index is 12.2. The van der Waals surface area contributed by atoms with E-state index in [2.05, 4.69) is 26.1 Å². The second-order valence-corrected chi connectivity index (χ2v) is 8.80. The van der Waals surface area contributed by atoms with Crippen LogP contribution in [0.15, 0.2) is 60.1 Å². The number of aromatic amines is 1. The van der Waals surface area contributed by atoms with Crippen molar-refractivity contribution < 1.29 is 27.3 Å². The monoisotopic (exact) mass is 504 g/mol. The zero-order valence-electron chi connectivity index (χ0n) is 18.2. The number of halogens is 3. The predicted octanol–water partition coefficient (Wildman–Crippen LogP) is 4.09. The Morgan fingerprint density at radius 3 is 2.71 bits per heavy atom. The minimum Gasteiger partial charge on any atom is -0.475 e. The Hall–Kier alpha value is -4.05. The number of aromatic nitrogens is 5. The van der Waals surface area contributed by atoms with Gasteiger partial charge in [-0.3, -0.25) is 8.89 Å². The Labute approximate surface area is 199 Å². The van der Waals surface area contributed by atoms with E-state index in [1.54, 1.807) is 10.9 Å². The molecule has 0 saturated heterocycles. The standard InChI is InChI=1S/C20H18N6OS.C2HF3O2/c1-2-28(27)16-5-3-4-14(10-16)18(6-8-21)26-12-15(11-25-26)19-17-7-9-22-20(17)24-13-23-19;3-2(4,5)1(6)7/h3-5,7,9-13,18H,2,6H2,1H3,(H,22,23,24);(H,6,7). The van der Waals surface area contributed by atoms with Gasteiger partial charge < -0.3 is 10.1 Å². The molecule has 0 amide bonds. The highest BCUT2D eigenvalue weighted by Gasteiger charge is 2.38. The fourth-order valence-corrected chi connectivity index (χ4v) is 4.05. The summed E-state index contributed by atoms with van der Waals surface area (Å²) in [6.45, 7) is 1.89. The molecule has 2 atom stereocenters. The van der Waals surface area contributed by atoms with Crippen molar-refractivity contribution in [2.24, 2.45) is 0 Å². The van der Waals surface area contributed by atoms with Gasteiger partial charge in [0.25, 0.3) is 0 Å². The van der Waals surface area contributed by atoms with Crippen LogP contribution in [-0.2, 0) is 15.6 Å². The molecule has 2 unspecified atom stereocenters. The van der Waals surface area contributed by atoms with Gasteiger partial charge in [0, 0.05) is 34.0 Å². The van der Waals surface area contributed by atoms with Gasteiger partial charge in [-0.1, -0.05) is 19.1 Å². The lowest BCUT2D eigenvalue weighted by molar-refractivity contribution is -0.192. The quantitative estimate of drug-likeness (QED) is 0.403. The molecule has 0 aliphatic carbocycles. The average Bonchev–Trinajstić information content (AvgIpc) is 3.51. The lowest BCUT2D eigenvalue weighted by atomic mass is 10.0. The summed E-state index contributed by atoms with van der Waals surface area (Å²) in [5.41, 5.74) is 3.31. The Kier molecular flexibility index (Phi) is 7.98. The molecule has 0 aliphatic rings. The van der Waals surface area contributed by atoms with Crippen LogP contribution in [0, 0.1) is 11.3 Å². The number of nitrogens with one attached hydrogen (secondary N) is 1. The van der Waals surface area contributed by atoms with E-state index in [1.165, 1.54) is 6.33 Å². The summed E-state index contributed by atoms with van der Waals surface area (Å²) < 4.78 is 45.7. The highest BCUT2D eigenvalue weighted by molar-refractivity contribution is 7.85. The summed E-state index contributed by atoms with van der Waals surface area (Å²) >= 11 is 0. The molecule has 2 N–H and O–H groups in total. The van der Waals surface area contributed by atoms with Crippen molar-refractivity contribution in [2.45, 2.75) is 30.5 Å². The van der Waals surface area contributed by atoms with E-state index in [1.807, 2.05) is 49.6 Å². The smallest absolute Gasteiger partial charge is 0.475 e. The topological polar surface area (TPSA) is 138 Å². The van der Waals surface area contributed by atoms with E-state index in [0.29, 0.717) is 5.75 Å². The lowest BCUT2D eigenvalue weighted by Crippen LogP contribution is -2.21. The van der Waals surface area contributed by atoms with Crippen LogP contribution in [0.1, 0.15) is 24.9 Å². The summed E-state index contributed by atoms with van der Waals surface area (Å²) in [6, 6.07) is 11.5. The van der Waals surface area contributed by atoms with Crippen LogP contribution in [-0.4, -0.2) is 51.9 Å². The summed E-state index contributed by atoms with van der Waals surface area (Å²) in [5.74, 6) is -2.20. The number of aliphatic carboxylic acids is 1. The Balaban J connectivity index is 0.000000429. The molecule has 1 aromatic carbocycles. The molecule has 0 aliphatic heterocycles. The second-order valence-electron chi connectivity index (χ2n) is 7.06. The van der Waals surface area contributed by atoms with Crippen LogP contribution in [0.2, 0.25) is 0 Å². The number of carboxylic acid groups (broad SMARTS) is 1. The number of hydrogen-bond donors (Lipinski definition) is 2. The first-order valence-corrected chi connectivity index (χ1v) is 11.5. The summed E-state index contributed by atoms with van der Waals surface area (Å²) in [5, 5.41) is 21.9. The van der Waals surface area contributed by atoms with Gasteiger partial charge in [-0.05, 0) is 23.8 Å². The summed E-state index contributed by atoms with van der Waals surface area (Å²) in [7, 11) is -1.05. The number of alkyl halides is 3. The van der Waals surface area contributed by atoms with Crippen LogP contribution in [0.4, 0.5) is 13.2 Å². The molecule has 9 nitrogen and oxygen atoms in total. The molecule has 4 aromatic rings. The molecule has 3 aromatic heterocycles. The third kappa shape index (κ3) is 6.10. The fraction of sp³-hybridized carbons (Fsp3) is 0.227. The zero-order chi connectivity index (χ0) is 25.6. The zero-order valence-corrected chi connectivity index (χ0v) is 19.0. The highest BCUT2D eigenvalue weighted by Crippen LogP contribution is 2.28. The maximum absolute atomic E-state index is 12.2. The molecule has 3 heterocycles. The molecule has 0 radical (unpaired) electrons. The summed E-state index contributed by atoms with van der Waals surface area (Å²) in [6.07, 6.45) is 2.15. The molecular formula is C22H19F3N6O3S. The van der Waals surface area contributed by atoms with Crippen LogP contribution in [0.3, 0.4) is 0 Å². The van der Waals surface area contributed by atoms with Gasteiger partial charge in [0.05, 0.1) is 41.2 Å². The first-order valence-electron chi connectivity index (χ1n) is 10.1. The number of nitriles is 1. The Morgan fingerprint density at radius 2 is 2.06 bits per heavy atom. The number of nitrogens with zero attached hydrogens (tertiary/aromatic N) is 5. The van der Waals surface area contributed by atoms with E-state index in [4.69, 9.17) is 9.90 Å². The van der Waals surface area contributed by atoms with Gasteiger partial charge in [-0.25, -0.2) is 14.8 Å². The molecule has 0 spiro atoms. The fourth-order valence-electron chi connectivity index (χ4n) is 3.21. The number of H-pyrrole nitrogens is 1. The van der Waals surface area contributed by atoms with Crippen molar-refractivity contribution in [3.8, 4) is 17.3 Å². The number of carbonyl (C=O) groups is 1. The minimum atomic E-state index is -5.08. The predicted molar refractivity (Wildman–Crippen MR) is 121 cm³/mol. The molecule has 0 bridgehead atoms. The number of benzene rings is 1.